The van der Waals surface area contributed by atoms with Gasteiger partial charge in [0.1, 0.15) is 0 Å². The molecule has 1 fully saturated rings. The third-order valence-electron chi connectivity index (χ3n) is 5.81. The van der Waals surface area contributed by atoms with E-state index >= 15 is 0 Å². The normalized spacial score (nSPS) is 22.3. The zero-order valence-electron chi connectivity index (χ0n) is 15.7. The van der Waals surface area contributed by atoms with Gasteiger partial charge in [-0.2, -0.15) is 0 Å². The van der Waals surface area contributed by atoms with Gasteiger partial charge in [-0.15, -0.1) is 11.3 Å². The fraction of sp³-hybridized carbons (Fsp3) is 0.579. The number of likely N-dealkylation sites (tertiary alicyclic amines) is 1. The molecule has 4 heterocycles. The van der Waals surface area contributed by atoms with Crippen LogP contribution in [-0.2, 0) is 23.3 Å². The molecule has 1 saturated heterocycles. The summed E-state index contributed by atoms with van der Waals surface area (Å²) < 4.78 is 0. The van der Waals surface area contributed by atoms with Crippen molar-refractivity contribution in [3.05, 3.63) is 39.6 Å². The van der Waals surface area contributed by atoms with E-state index < -0.39 is 0 Å². The maximum atomic E-state index is 12.6. The third kappa shape index (κ3) is 3.08. The van der Waals surface area contributed by atoms with Gasteiger partial charge in [-0.05, 0) is 36.8 Å². The summed E-state index contributed by atoms with van der Waals surface area (Å²) in [5.41, 5.74) is 3.43. The lowest BCUT2D eigenvalue weighted by atomic mass is 9.78. The number of imidazole rings is 1. The lowest BCUT2D eigenvalue weighted by Crippen LogP contribution is -2.61. The van der Waals surface area contributed by atoms with Gasteiger partial charge in [-0.25, -0.2) is 4.98 Å². The second kappa shape index (κ2) is 6.79. The van der Waals surface area contributed by atoms with Crippen LogP contribution in [0, 0.1) is 6.92 Å². The Kier molecular flexibility index (Phi) is 4.62. The number of aryl methyl sites for hydroxylation is 1. The average Bonchev–Trinajstić information content (AvgIpc) is 3.26. The minimum absolute atomic E-state index is 0.140. The van der Waals surface area contributed by atoms with E-state index in [9.17, 15) is 4.79 Å². The highest BCUT2D eigenvalue weighted by Gasteiger charge is 2.46. The Morgan fingerprint density at radius 1 is 1.42 bits per heavy atom. The molecule has 1 atom stereocenters. The number of nitrogens with one attached hydrogen (secondary N) is 2. The molecule has 2 aliphatic rings. The number of piperidine rings is 1. The van der Waals surface area contributed by atoms with Gasteiger partial charge >= 0.3 is 0 Å². The zero-order valence-corrected chi connectivity index (χ0v) is 16.5. The molecule has 7 heteroatoms. The van der Waals surface area contributed by atoms with Gasteiger partial charge in [0, 0.05) is 50.7 Å². The number of nitrogens with zero attached hydrogens (tertiary/aromatic N) is 3. The first-order chi connectivity index (χ1) is 12.5. The van der Waals surface area contributed by atoms with Gasteiger partial charge in [0.25, 0.3) is 0 Å². The summed E-state index contributed by atoms with van der Waals surface area (Å²) in [6.45, 7) is 5.24. The topological polar surface area (TPSA) is 64.3 Å². The number of carbonyl (C=O) groups is 1. The fourth-order valence-corrected chi connectivity index (χ4v) is 5.20. The van der Waals surface area contributed by atoms with Crippen LogP contribution in [0.25, 0.3) is 0 Å². The summed E-state index contributed by atoms with van der Waals surface area (Å²) >= 11 is 1.84. The molecule has 0 bridgehead atoms. The Morgan fingerprint density at radius 2 is 2.19 bits per heavy atom. The minimum Gasteiger partial charge on any atom is -0.348 e. The van der Waals surface area contributed by atoms with Gasteiger partial charge in [-0.1, -0.05) is 0 Å². The maximum absolute atomic E-state index is 12.6. The molecule has 4 rings (SSSR count). The predicted molar refractivity (Wildman–Crippen MR) is 103 cm³/mol. The van der Waals surface area contributed by atoms with Crippen LogP contribution in [-0.4, -0.2) is 58.9 Å². The number of aromatic nitrogens is 2. The molecule has 2 aliphatic heterocycles. The van der Waals surface area contributed by atoms with E-state index in [0.717, 1.165) is 43.9 Å². The zero-order chi connectivity index (χ0) is 18.3. The molecule has 0 aromatic carbocycles. The largest absolute Gasteiger partial charge is 0.348 e. The summed E-state index contributed by atoms with van der Waals surface area (Å²) in [5.74, 6) is 0.140. The van der Waals surface area contributed by atoms with Gasteiger partial charge in [0.15, 0.2) is 0 Å². The molecular weight excluding hydrogens is 346 g/mol. The Hall–Kier alpha value is -1.70. The van der Waals surface area contributed by atoms with Crippen molar-refractivity contribution in [3.63, 3.8) is 0 Å². The standard InChI is InChI=1S/C19H27N5OS/c1-13-4-9-26-16(13)11-24-7-5-19(6-8-24)17-14(20-12-21-17)10-15(22-19)18(25)23(2)3/h4,9,12,15,22H,5-8,10-11H2,1-3H3,(H,20,21)/t15-/m0/s1. The fourth-order valence-electron chi connectivity index (χ4n) is 4.25. The second-order valence-electron chi connectivity index (χ2n) is 7.75. The maximum Gasteiger partial charge on any atom is 0.239 e. The monoisotopic (exact) mass is 373 g/mol. The summed E-state index contributed by atoms with van der Waals surface area (Å²) in [7, 11) is 3.65. The highest BCUT2D eigenvalue weighted by atomic mass is 32.1. The molecule has 2 aromatic rings. The molecular formula is C19H27N5OS. The van der Waals surface area contributed by atoms with Crippen molar-refractivity contribution in [2.24, 2.45) is 0 Å². The number of amides is 1. The van der Waals surface area contributed by atoms with Gasteiger partial charge < -0.3 is 9.88 Å². The highest BCUT2D eigenvalue weighted by Crippen LogP contribution is 2.38. The van der Waals surface area contributed by atoms with E-state index in [1.165, 1.54) is 10.4 Å². The number of thiophene rings is 1. The van der Waals surface area contributed by atoms with Crippen molar-refractivity contribution >= 4 is 17.2 Å². The molecule has 2 N–H and O–H groups in total. The smallest absolute Gasteiger partial charge is 0.239 e. The lowest BCUT2D eigenvalue weighted by Gasteiger charge is -2.46. The summed E-state index contributed by atoms with van der Waals surface area (Å²) in [4.78, 5) is 26.2. The average molecular weight is 374 g/mol. The Labute approximate surface area is 158 Å². The van der Waals surface area contributed by atoms with Crippen LogP contribution in [0.1, 0.15) is 34.7 Å². The Bertz CT molecular complexity index is 787. The number of rotatable bonds is 3. The molecule has 1 amide bonds. The lowest BCUT2D eigenvalue weighted by molar-refractivity contribution is -0.132. The van der Waals surface area contributed by atoms with Crippen LogP contribution in [0.2, 0.25) is 0 Å². The molecule has 0 aliphatic carbocycles. The quantitative estimate of drug-likeness (QED) is 0.862. The van der Waals surface area contributed by atoms with Crippen LogP contribution in [0.3, 0.4) is 0 Å². The van der Waals surface area contributed by atoms with Crippen molar-refractivity contribution in [3.8, 4) is 0 Å². The van der Waals surface area contributed by atoms with E-state index in [2.05, 4.69) is 38.6 Å². The number of aromatic amines is 1. The molecule has 0 unspecified atom stereocenters. The number of H-pyrrole nitrogens is 1. The number of hydrogen-bond acceptors (Lipinski definition) is 5. The summed E-state index contributed by atoms with van der Waals surface area (Å²) in [6, 6.07) is 2.02. The van der Waals surface area contributed by atoms with E-state index in [-0.39, 0.29) is 17.5 Å². The van der Waals surface area contributed by atoms with Crippen LogP contribution in [0.15, 0.2) is 17.8 Å². The van der Waals surface area contributed by atoms with Crippen molar-refractivity contribution in [2.45, 2.75) is 44.3 Å². The van der Waals surface area contributed by atoms with Crippen molar-refractivity contribution < 1.29 is 4.79 Å². The molecule has 26 heavy (non-hydrogen) atoms. The first-order valence-corrected chi connectivity index (χ1v) is 10.1. The van der Waals surface area contributed by atoms with Crippen LogP contribution < -0.4 is 5.32 Å². The number of likely N-dealkylation sites (N-methyl/N-ethyl adjacent to an activating group) is 1. The second-order valence-corrected chi connectivity index (χ2v) is 8.75. The molecule has 140 valence electrons. The Balaban J connectivity index is 1.51. The minimum atomic E-state index is -0.190. The molecule has 0 radical (unpaired) electrons. The van der Waals surface area contributed by atoms with Crippen LogP contribution in [0.5, 0.6) is 0 Å². The first-order valence-electron chi connectivity index (χ1n) is 9.25. The Morgan fingerprint density at radius 3 is 2.85 bits per heavy atom. The van der Waals surface area contributed by atoms with E-state index in [1.807, 2.05) is 25.4 Å². The van der Waals surface area contributed by atoms with Crippen molar-refractivity contribution in [1.29, 1.82) is 0 Å². The highest BCUT2D eigenvalue weighted by molar-refractivity contribution is 7.10. The molecule has 2 aromatic heterocycles. The van der Waals surface area contributed by atoms with Crippen molar-refractivity contribution in [1.82, 2.24) is 25.1 Å². The van der Waals surface area contributed by atoms with Crippen LogP contribution in [0.4, 0.5) is 0 Å². The van der Waals surface area contributed by atoms with E-state index in [0.29, 0.717) is 6.42 Å². The SMILES string of the molecule is Cc1ccsc1CN1CCC2(CC1)N[C@H](C(=O)N(C)C)Cc1[nH]cnc12. The molecule has 1 spiro atoms. The molecule has 0 saturated carbocycles. The van der Waals surface area contributed by atoms with Gasteiger partial charge in [0.05, 0.1) is 23.6 Å². The first kappa shape index (κ1) is 17.7. The molecule has 6 nitrogen and oxygen atoms in total. The number of fused-ring (bicyclic) bond motifs is 2. The van der Waals surface area contributed by atoms with Crippen molar-refractivity contribution in [2.75, 3.05) is 27.2 Å². The van der Waals surface area contributed by atoms with Crippen LogP contribution >= 0.6 is 11.3 Å². The number of carbonyl (C=O) groups excluding carboxylic acids is 1. The van der Waals surface area contributed by atoms with Gasteiger partial charge in [-0.3, -0.25) is 15.0 Å². The van der Waals surface area contributed by atoms with E-state index in [1.54, 1.807) is 11.2 Å². The van der Waals surface area contributed by atoms with Gasteiger partial charge in [0.2, 0.25) is 5.91 Å². The third-order valence-corrected chi connectivity index (χ3v) is 6.82. The predicted octanol–water partition coefficient (Wildman–Crippen LogP) is 1.87. The van der Waals surface area contributed by atoms with E-state index in [4.69, 9.17) is 0 Å². The summed E-state index contributed by atoms with van der Waals surface area (Å²) in [6.07, 6.45) is 4.42. The summed E-state index contributed by atoms with van der Waals surface area (Å²) in [5, 5.41) is 5.86. The number of hydrogen-bond donors (Lipinski definition) is 2.